The van der Waals surface area contributed by atoms with Crippen molar-refractivity contribution in [3.05, 3.63) is 46.8 Å². The summed E-state index contributed by atoms with van der Waals surface area (Å²) in [6.45, 7) is 4.09. The van der Waals surface area contributed by atoms with Gasteiger partial charge < -0.3 is 47.2 Å². The summed E-state index contributed by atoms with van der Waals surface area (Å²) in [6.07, 6.45) is 20.0. The summed E-state index contributed by atoms with van der Waals surface area (Å²) < 4.78 is 0. The Morgan fingerprint density at radius 3 is 2.20 bits per heavy atom. The van der Waals surface area contributed by atoms with Crippen LogP contribution in [0.5, 0.6) is 0 Å². The first-order chi connectivity index (χ1) is 28.3. The van der Waals surface area contributed by atoms with Crippen molar-refractivity contribution < 1.29 is 44.1 Å². The molecule has 2 aliphatic carbocycles. The highest BCUT2D eigenvalue weighted by atomic mass is 16.4. The second kappa shape index (κ2) is 25.9. The van der Waals surface area contributed by atoms with E-state index in [0.29, 0.717) is 42.5 Å². The molecule has 15 nitrogen and oxygen atoms in total. The zero-order valence-electron chi connectivity index (χ0n) is 35.4. The van der Waals surface area contributed by atoms with Gasteiger partial charge in [-0.1, -0.05) is 89.4 Å². The molecule has 0 saturated carbocycles. The fourth-order valence-electron chi connectivity index (χ4n) is 7.89. The molecule has 15 heteroatoms. The number of nitrogens with two attached hydrogens (primary N) is 1. The normalized spacial score (nSPS) is 22.6. The summed E-state index contributed by atoms with van der Waals surface area (Å²) >= 11 is 0. The number of hydrogen-bond donors (Lipinski definition) is 8. The molecule has 0 spiro atoms. The van der Waals surface area contributed by atoms with Gasteiger partial charge in [0.05, 0.1) is 6.10 Å². The number of aliphatic carboxylic acids is 1. The molecule has 9 N–H and O–H groups in total. The van der Waals surface area contributed by atoms with Gasteiger partial charge in [0.25, 0.3) is 0 Å². The quantitative estimate of drug-likeness (QED) is 0.0686. The molecule has 6 atom stereocenters. The number of nitrogens with one attached hydrogen (secondary N) is 4. The van der Waals surface area contributed by atoms with E-state index < -0.39 is 65.8 Å². The molecule has 0 radical (unpaired) electrons. The molecule has 4 bridgehead atoms. The molecular formula is C44H70N6O9. The number of nitrogens with zero attached hydrogens (tertiary/aromatic N) is 1. The highest BCUT2D eigenvalue weighted by Gasteiger charge is 2.40. The molecule has 0 aromatic rings. The summed E-state index contributed by atoms with van der Waals surface area (Å²) in [4.78, 5) is 80.7. The highest BCUT2D eigenvalue weighted by molar-refractivity contribution is 5.95. The summed E-state index contributed by atoms with van der Waals surface area (Å²) in [6, 6.07) is -4.83. The summed E-state index contributed by atoms with van der Waals surface area (Å²) in [5.74, 6) is -4.78. The van der Waals surface area contributed by atoms with Crippen LogP contribution in [-0.4, -0.2) is 106 Å². The first kappa shape index (κ1) is 48.9. The maximum Gasteiger partial charge on any atom is 0.326 e. The van der Waals surface area contributed by atoms with Crippen LogP contribution in [0.1, 0.15) is 136 Å². The lowest BCUT2D eigenvalue weighted by molar-refractivity contribution is -0.144. The van der Waals surface area contributed by atoms with Crippen molar-refractivity contribution >= 4 is 35.5 Å². The van der Waals surface area contributed by atoms with E-state index in [4.69, 9.17) is 5.73 Å². The maximum absolute atomic E-state index is 14.3. The Hall–Kier alpha value is -4.50. The number of aliphatic hydroxyl groups excluding tert-OH is 2. The number of likely N-dealkylation sites (N-methyl/N-ethyl adjacent to an activating group) is 1. The van der Waals surface area contributed by atoms with Gasteiger partial charge in [-0.2, -0.15) is 0 Å². The van der Waals surface area contributed by atoms with Crippen LogP contribution in [0, 0.1) is 5.92 Å². The summed E-state index contributed by atoms with van der Waals surface area (Å²) in [5, 5.41) is 42.6. The Labute approximate surface area is 349 Å². The fourth-order valence-corrected chi connectivity index (χ4v) is 7.89. The average Bonchev–Trinajstić information content (AvgIpc) is 3.20. The number of carboxylic acids is 1. The second-order valence-electron chi connectivity index (χ2n) is 16.2. The van der Waals surface area contributed by atoms with Crippen molar-refractivity contribution in [3.63, 3.8) is 0 Å². The number of fused-ring (bicyclic) bond motifs is 4. The molecule has 0 saturated heterocycles. The van der Waals surface area contributed by atoms with E-state index in [1.807, 2.05) is 0 Å². The van der Waals surface area contributed by atoms with Gasteiger partial charge in [-0.05, 0) is 69.2 Å². The molecule has 1 heterocycles. The van der Waals surface area contributed by atoms with E-state index in [0.717, 1.165) is 19.3 Å². The van der Waals surface area contributed by atoms with Gasteiger partial charge >= 0.3 is 5.97 Å². The Morgan fingerprint density at radius 1 is 0.898 bits per heavy atom. The van der Waals surface area contributed by atoms with Crippen LogP contribution in [0.4, 0.5) is 0 Å². The van der Waals surface area contributed by atoms with Crippen LogP contribution in [0.15, 0.2) is 46.8 Å². The lowest BCUT2D eigenvalue weighted by atomic mass is 9.79. The molecule has 0 aromatic carbocycles. The SMILES string of the molecule is CCCCCCCCCCCCCC(=O)NCCC(=O)N[C@@H](CCCCN)C(=O)N(C)[C@@H]1C(=O)N[C@@H](C)C(=O)N[C@H](C(=O)O)CC2=CCC(O)C(=C2)C2=C(O)C=CC1C2. The van der Waals surface area contributed by atoms with E-state index in [1.165, 1.54) is 76.3 Å². The monoisotopic (exact) mass is 827 g/mol. The topological polar surface area (TPSA) is 240 Å². The lowest BCUT2D eigenvalue weighted by Crippen LogP contribution is -2.59. The maximum atomic E-state index is 14.3. The van der Waals surface area contributed by atoms with Crippen molar-refractivity contribution in [2.24, 2.45) is 11.7 Å². The Kier molecular flexibility index (Phi) is 21.4. The van der Waals surface area contributed by atoms with Crippen LogP contribution in [0.2, 0.25) is 0 Å². The largest absolute Gasteiger partial charge is 0.508 e. The minimum Gasteiger partial charge on any atom is -0.508 e. The number of unbranched alkanes of at least 4 members (excludes halogenated alkanes) is 11. The van der Waals surface area contributed by atoms with Crippen molar-refractivity contribution in [2.75, 3.05) is 20.1 Å². The Bertz CT molecular complexity index is 1570. The molecule has 5 amide bonds. The van der Waals surface area contributed by atoms with Gasteiger partial charge in [0.1, 0.15) is 29.9 Å². The number of hydrogen-bond acceptors (Lipinski definition) is 9. The summed E-state index contributed by atoms with van der Waals surface area (Å²) in [7, 11) is 1.43. The molecular weight excluding hydrogens is 757 g/mol. The molecule has 330 valence electrons. The molecule has 3 aliphatic rings. The number of carbonyl (C=O) groups is 6. The number of carbonyl (C=O) groups excluding carboxylic acids is 5. The van der Waals surface area contributed by atoms with Crippen LogP contribution < -0.4 is 27.0 Å². The van der Waals surface area contributed by atoms with Gasteiger partial charge in [-0.25, -0.2) is 4.79 Å². The second-order valence-corrected chi connectivity index (χ2v) is 16.2. The summed E-state index contributed by atoms with van der Waals surface area (Å²) in [5.41, 5.74) is 6.97. The number of aliphatic hydroxyl groups is 2. The van der Waals surface area contributed by atoms with E-state index >= 15 is 0 Å². The molecule has 1 aliphatic heterocycles. The van der Waals surface area contributed by atoms with Gasteiger partial charge in [0.2, 0.25) is 29.5 Å². The van der Waals surface area contributed by atoms with E-state index in [2.05, 4.69) is 28.2 Å². The standard InChI is InChI=1S/C44H70N6O9/c1-4-5-6-7-8-9-10-11-12-13-14-18-38(53)46-25-23-39(54)48-34(17-15-16-24-45)43(57)50(3)40-31-20-22-37(52)33(28-31)32-26-30(19-21-36(32)51)27-35(44(58)59)49-41(55)29(2)47-42(40)56/h19-20,22,26,29,31,34-36,40,51-52H,4-18,21,23-25,27-28,45H2,1-3H3,(H,46,53)(H,47,56)(H,48,54)(H,49,55)(H,58,59)/t29-,31?,34-,35-,36?,40-/m0/s1. The van der Waals surface area contributed by atoms with Crippen LogP contribution in [0.25, 0.3) is 0 Å². The molecule has 0 aromatic heterocycles. The highest BCUT2D eigenvalue weighted by Crippen LogP contribution is 2.36. The number of amides is 5. The fraction of sp³-hybridized carbons (Fsp3) is 0.682. The number of rotatable bonds is 23. The van der Waals surface area contributed by atoms with E-state index in [-0.39, 0.29) is 50.3 Å². The minimum atomic E-state index is -1.34. The molecule has 2 unspecified atom stereocenters. The predicted molar refractivity (Wildman–Crippen MR) is 226 cm³/mol. The van der Waals surface area contributed by atoms with Crippen LogP contribution >= 0.6 is 0 Å². The molecule has 3 rings (SSSR count). The predicted octanol–water partition coefficient (Wildman–Crippen LogP) is 4.12. The Morgan fingerprint density at radius 2 is 1.56 bits per heavy atom. The van der Waals surface area contributed by atoms with Crippen molar-refractivity contribution in [3.8, 4) is 0 Å². The van der Waals surface area contributed by atoms with E-state index in [1.54, 1.807) is 18.2 Å². The van der Waals surface area contributed by atoms with Crippen molar-refractivity contribution in [1.29, 1.82) is 0 Å². The smallest absolute Gasteiger partial charge is 0.326 e. The van der Waals surface area contributed by atoms with E-state index in [9.17, 15) is 44.1 Å². The van der Waals surface area contributed by atoms with Crippen molar-refractivity contribution in [2.45, 2.75) is 166 Å². The van der Waals surface area contributed by atoms with Gasteiger partial charge in [-0.15, -0.1) is 0 Å². The van der Waals surface area contributed by atoms with Gasteiger partial charge in [-0.3, -0.25) is 24.0 Å². The average molecular weight is 827 g/mol. The zero-order valence-corrected chi connectivity index (χ0v) is 35.4. The van der Waals surface area contributed by atoms with Crippen molar-refractivity contribution in [1.82, 2.24) is 26.2 Å². The van der Waals surface area contributed by atoms with Gasteiger partial charge in [0.15, 0.2) is 0 Å². The third-order valence-electron chi connectivity index (χ3n) is 11.4. The zero-order chi connectivity index (χ0) is 43.3. The number of carboxylic acid groups (broad SMARTS) is 1. The Balaban J connectivity index is 1.68. The first-order valence-electron chi connectivity index (χ1n) is 21.8. The van der Waals surface area contributed by atoms with Crippen LogP contribution in [-0.2, 0) is 28.8 Å². The minimum absolute atomic E-state index is 0.0280. The lowest BCUT2D eigenvalue weighted by Gasteiger charge is -2.37. The first-order valence-corrected chi connectivity index (χ1v) is 21.8. The number of allylic oxidation sites excluding steroid dienone is 2. The van der Waals surface area contributed by atoms with Gasteiger partial charge in [0, 0.05) is 44.3 Å². The third-order valence-corrected chi connectivity index (χ3v) is 11.4. The molecule has 59 heavy (non-hydrogen) atoms. The third kappa shape index (κ3) is 16.2. The molecule has 0 fully saturated rings. The van der Waals surface area contributed by atoms with Crippen LogP contribution in [0.3, 0.4) is 0 Å².